The van der Waals surface area contributed by atoms with Crippen LogP contribution >= 0.6 is 0 Å². The predicted octanol–water partition coefficient (Wildman–Crippen LogP) is 3.27. The number of primary amides is 1. The number of halogens is 3. The molecule has 1 heterocycles. The number of carbonyl (C=O) groups excluding carboxylic acids is 1. The molecule has 0 saturated carbocycles. The van der Waals surface area contributed by atoms with Gasteiger partial charge < -0.3 is 26.4 Å². The molecule has 0 spiro atoms. The molecule has 0 unspecified atom stereocenters. The lowest BCUT2D eigenvalue weighted by Crippen LogP contribution is -2.15. The van der Waals surface area contributed by atoms with Crippen molar-refractivity contribution in [1.82, 2.24) is 4.98 Å². The molecule has 0 aliphatic carbocycles. The summed E-state index contributed by atoms with van der Waals surface area (Å²) in [6.45, 7) is -0.551. The number of anilines is 1. The Morgan fingerprint density at radius 2 is 1.71 bits per heavy atom. The van der Waals surface area contributed by atoms with E-state index in [1.807, 2.05) is 0 Å². The highest BCUT2D eigenvalue weighted by molar-refractivity contribution is 5.91. The van der Waals surface area contributed by atoms with Crippen molar-refractivity contribution < 1.29 is 32.9 Å². The molecule has 1 amide bonds. The average molecular weight is 433 g/mol. The zero-order valence-electron chi connectivity index (χ0n) is 15.9. The summed E-state index contributed by atoms with van der Waals surface area (Å²) < 4.78 is 44.0. The summed E-state index contributed by atoms with van der Waals surface area (Å²) in [6, 6.07) is 12.2. The topological polar surface area (TPSA) is 132 Å². The van der Waals surface area contributed by atoms with Crippen LogP contribution in [-0.4, -0.2) is 27.7 Å². The summed E-state index contributed by atoms with van der Waals surface area (Å²) >= 11 is 0. The number of nitrogens with zero attached hydrogens (tertiary/aromatic N) is 1. The number of aromatic nitrogens is 1. The summed E-state index contributed by atoms with van der Waals surface area (Å²) in [7, 11) is 0. The van der Waals surface area contributed by atoms with Gasteiger partial charge in [0.1, 0.15) is 23.3 Å². The molecule has 1 aromatic heterocycles. The van der Waals surface area contributed by atoms with Gasteiger partial charge in [0, 0.05) is 17.3 Å². The number of hydrogen-bond donors (Lipinski definition) is 4. The van der Waals surface area contributed by atoms with Gasteiger partial charge in [0.05, 0.1) is 17.9 Å². The quantitative estimate of drug-likeness (QED) is 0.441. The van der Waals surface area contributed by atoms with Crippen molar-refractivity contribution in [2.24, 2.45) is 5.73 Å². The molecule has 1 atom stereocenters. The fraction of sp³-hybridized carbons (Fsp3) is 0.143. The lowest BCUT2D eigenvalue weighted by atomic mass is 10.0. The molecule has 6 N–H and O–H groups in total. The molecule has 31 heavy (non-hydrogen) atoms. The van der Waals surface area contributed by atoms with Crippen LogP contribution in [0.3, 0.4) is 0 Å². The Morgan fingerprint density at radius 3 is 2.26 bits per heavy atom. The largest absolute Gasteiger partial charge is 0.457 e. The molecule has 2 aromatic carbocycles. The number of benzene rings is 2. The van der Waals surface area contributed by atoms with E-state index in [0.29, 0.717) is 17.0 Å². The van der Waals surface area contributed by atoms with E-state index in [0.717, 1.165) is 18.2 Å². The third kappa shape index (κ3) is 5.11. The monoisotopic (exact) mass is 433 g/mol. The minimum Gasteiger partial charge on any atom is -0.457 e. The lowest BCUT2D eigenvalue weighted by Gasteiger charge is -2.13. The second-order valence-corrected chi connectivity index (χ2v) is 6.61. The number of nitrogens with two attached hydrogens (primary N) is 2. The zero-order valence-corrected chi connectivity index (χ0v) is 15.9. The zero-order chi connectivity index (χ0) is 22.8. The first kappa shape index (κ1) is 22.1. The maximum absolute atomic E-state index is 12.8. The average Bonchev–Trinajstić information content (AvgIpc) is 2.72. The number of aliphatic hydroxyl groups excluding tert-OH is 2. The van der Waals surface area contributed by atoms with Crippen LogP contribution < -0.4 is 16.2 Å². The highest BCUT2D eigenvalue weighted by atomic mass is 19.4. The smallest absolute Gasteiger partial charge is 0.418 e. The molecular formula is C21H18F3N3O4. The fourth-order valence-electron chi connectivity index (χ4n) is 2.82. The molecule has 7 nitrogen and oxygen atoms in total. The second-order valence-electron chi connectivity index (χ2n) is 6.61. The molecule has 0 aliphatic rings. The number of aliphatic hydroxyl groups is 2. The molecule has 162 valence electrons. The highest BCUT2D eigenvalue weighted by Crippen LogP contribution is 2.36. The first-order valence-electron chi connectivity index (χ1n) is 8.94. The Morgan fingerprint density at radius 1 is 1.06 bits per heavy atom. The Labute approximate surface area is 174 Å². The Balaban J connectivity index is 1.86. The summed E-state index contributed by atoms with van der Waals surface area (Å²) in [5.41, 5.74) is 10.4. The van der Waals surface area contributed by atoms with E-state index < -0.39 is 36.0 Å². The highest BCUT2D eigenvalue weighted by Gasteiger charge is 2.32. The number of rotatable bonds is 6. The first-order valence-corrected chi connectivity index (χ1v) is 8.94. The van der Waals surface area contributed by atoms with Crippen molar-refractivity contribution in [2.45, 2.75) is 12.3 Å². The Bertz CT molecular complexity index is 1100. The summed E-state index contributed by atoms with van der Waals surface area (Å²) in [4.78, 5) is 15.7. The van der Waals surface area contributed by atoms with Gasteiger partial charge in [0.15, 0.2) is 0 Å². The van der Waals surface area contributed by atoms with Gasteiger partial charge in [-0.25, -0.2) is 4.98 Å². The molecule has 0 fully saturated rings. The lowest BCUT2D eigenvalue weighted by molar-refractivity contribution is -0.136. The van der Waals surface area contributed by atoms with Crippen molar-refractivity contribution >= 4 is 11.6 Å². The van der Waals surface area contributed by atoms with Crippen LogP contribution in [-0.2, 0) is 6.18 Å². The van der Waals surface area contributed by atoms with E-state index in [1.165, 1.54) is 12.1 Å². The van der Waals surface area contributed by atoms with E-state index in [-0.39, 0.29) is 17.0 Å². The molecule has 3 aromatic rings. The van der Waals surface area contributed by atoms with Gasteiger partial charge in [-0.2, -0.15) is 13.2 Å². The van der Waals surface area contributed by atoms with Crippen LogP contribution in [0, 0.1) is 0 Å². The summed E-state index contributed by atoms with van der Waals surface area (Å²) in [6.07, 6.45) is -5.77. The predicted molar refractivity (Wildman–Crippen MR) is 106 cm³/mol. The molecule has 0 aliphatic heterocycles. The maximum atomic E-state index is 12.8. The molecule has 0 bridgehead atoms. The van der Waals surface area contributed by atoms with Crippen LogP contribution in [0.15, 0.2) is 54.6 Å². The van der Waals surface area contributed by atoms with Crippen molar-refractivity contribution in [2.75, 3.05) is 12.3 Å². The third-order valence-electron chi connectivity index (χ3n) is 4.37. The fourth-order valence-corrected chi connectivity index (χ4v) is 2.82. The van der Waals surface area contributed by atoms with Crippen LogP contribution in [0.4, 0.5) is 18.9 Å². The number of nitrogen functional groups attached to an aromatic ring is 1. The molecule has 0 saturated heterocycles. The number of amides is 1. The van der Waals surface area contributed by atoms with E-state index in [1.54, 1.807) is 24.3 Å². The van der Waals surface area contributed by atoms with Gasteiger partial charge in [0.25, 0.3) is 5.91 Å². The van der Waals surface area contributed by atoms with Crippen LogP contribution in [0.5, 0.6) is 11.5 Å². The number of alkyl halides is 3. The SMILES string of the molecule is NC(=O)c1cc([C@H](O)CO)cc(-c2ccc(Oc3ccc(C(F)(F)F)c(N)c3)cc2)n1. The van der Waals surface area contributed by atoms with Crippen molar-refractivity contribution in [3.05, 3.63) is 71.4 Å². The second kappa shape index (κ2) is 8.62. The van der Waals surface area contributed by atoms with E-state index in [9.17, 15) is 23.1 Å². The van der Waals surface area contributed by atoms with Crippen LogP contribution in [0.1, 0.15) is 27.7 Å². The van der Waals surface area contributed by atoms with Gasteiger partial charge in [-0.05, 0) is 54.1 Å². The third-order valence-corrected chi connectivity index (χ3v) is 4.37. The van der Waals surface area contributed by atoms with Gasteiger partial charge in [-0.3, -0.25) is 4.79 Å². The van der Waals surface area contributed by atoms with E-state index in [2.05, 4.69) is 4.98 Å². The van der Waals surface area contributed by atoms with Gasteiger partial charge in [-0.15, -0.1) is 0 Å². The molecular weight excluding hydrogens is 415 g/mol. The van der Waals surface area contributed by atoms with Crippen molar-refractivity contribution in [3.8, 4) is 22.8 Å². The van der Waals surface area contributed by atoms with Gasteiger partial charge in [-0.1, -0.05) is 0 Å². The van der Waals surface area contributed by atoms with Crippen molar-refractivity contribution in [1.29, 1.82) is 0 Å². The minimum atomic E-state index is -4.56. The Kier molecular flexibility index (Phi) is 6.14. The van der Waals surface area contributed by atoms with Crippen LogP contribution in [0.2, 0.25) is 0 Å². The summed E-state index contributed by atoms with van der Waals surface area (Å²) in [5.74, 6) is -0.349. The molecule has 0 radical (unpaired) electrons. The van der Waals surface area contributed by atoms with Crippen molar-refractivity contribution in [3.63, 3.8) is 0 Å². The normalized spacial score (nSPS) is 12.4. The van der Waals surface area contributed by atoms with Crippen LogP contribution in [0.25, 0.3) is 11.3 Å². The van der Waals surface area contributed by atoms with E-state index >= 15 is 0 Å². The number of hydrogen-bond acceptors (Lipinski definition) is 6. The van der Waals surface area contributed by atoms with Gasteiger partial charge >= 0.3 is 6.18 Å². The molecule has 3 rings (SSSR count). The minimum absolute atomic E-state index is 0.0828. The summed E-state index contributed by atoms with van der Waals surface area (Å²) in [5, 5.41) is 19.0. The van der Waals surface area contributed by atoms with Gasteiger partial charge in [0.2, 0.25) is 0 Å². The molecule has 10 heteroatoms. The standard InChI is InChI=1S/C21H18F3N3O4/c22-21(23,24)15-6-5-14(9-16(15)25)31-13-3-1-11(2-4-13)17-7-12(19(29)10-28)8-18(27-17)20(26)30/h1-9,19,28-29H,10,25H2,(H2,26,30)/t19-/m1/s1. The number of carbonyl (C=O) groups is 1. The first-order chi connectivity index (χ1) is 14.6. The maximum Gasteiger partial charge on any atom is 0.418 e. The Hall–Kier alpha value is -3.63. The van der Waals surface area contributed by atoms with E-state index in [4.69, 9.17) is 21.3 Å². The number of pyridine rings is 1. The number of ether oxygens (including phenoxy) is 1.